The van der Waals surface area contributed by atoms with Crippen LogP contribution in [0.3, 0.4) is 0 Å². The molecule has 1 unspecified atom stereocenters. The Labute approximate surface area is 325 Å². The lowest BCUT2D eigenvalue weighted by molar-refractivity contribution is -0.151. The Balaban J connectivity index is 1.56. The van der Waals surface area contributed by atoms with Crippen LogP contribution in [0.25, 0.3) is 11.0 Å². The fourth-order valence-electron chi connectivity index (χ4n) is 8.18. The highest BCUT2D eigenvalue weighted by Gasteiger charge is 2.67. The van der Waals surface area contributed by atoms with Gasteiger partial charge < -0.3 is 24.0 Å². The van der Waals surface area contributed by atoms with Crippen LogP contribution in [0.2, 0.25) is 0 Å². The zero-order valence-corrected chi connectivity index (χ0v) is 31.7. The first kappa shape index (κ1) is 37.8. The molecule has 4 N–H and O–H groups in total. The zero-order chi connectivity index (χ0) is 39.8. The van der Waals surface area contributed by atoms with Crippen LogP contribution in [-0.2, 0) is 24.8 Å². The summed E-state index contributed by atoms with van der Waals surface area (Å²) in [5.41, 5.74) is -0.998. The van der Waals surface area contributed by atoms with Crippen molar-refractivity contribution < 1.29 is 33.1 Å². The molecular formula is C42H38N5O9P. The van der Waals surface area contributed by atoms with E-state index in [1.165, 1.54) is 10.8 Å². The standard InChI is InChI=1S/C42H38N5O9P/c1-27-26-47(40(49)43-39(27)48)36-25-35(56-57(50,51)52)38(54-36)42(31-17-10-5-11-18-31,55-34-20-12-19-33-37(34)45-46-44-33)41(28-13-6-3-7-14-28,29-15-8-4-9-16-29)30-21-23-32(53-2)24-22-30/h3-24,26,35-36,38H,25H2,1-2H3,(H,43,48,49)(H,44,45,46)(H2,50,51,52)/t35-,36+,38-,42?/m0/s1. The van der Waals surface area contributed by atoms with Crippen molar-refractivity contribution in [1.82, 2.24) is 25.0 Å². The van der Waals surface area contributed by atoms with Gasteiger partial charge in [-0.25, -0.2) is 9.36 Å². The lowest BCUT2D eigenvalue weighted by atomic mass is 9.54. The van der Waals surface area contributed by atoms with Crippen molar-refractivity contribution in [3.63, 3.8) is 0 Å². The van der Waals surface area contributed by atoms with Gasteiger partial charge >= 0.3 is 13.5 Å². The summed E-state index contributed by atoms with van der Waals surface area (Å²) >= 11 is 0. The van der Waals surface area contributed by atoms with Crippen molar-refractivity contribution >= 4 is 18.9 Å². The summed E-state index contributed by atoms with van der Waals surface area (Å²) in [6.07, 6.45) is -2.98. The SMILES string of the molecule is COc1ccc(C(c2ccccc2)(c2ccccc2)C(Oc2cccc3[nH]nnc23)(c2ccccc2)[C@H]2O[C@@H](n3cc(C)c(=O)[nH]c3=O)C[C@@H]2OP(=O)(O)O)cc1. The van der Waals surface area contributed by atoms with Gasteiger partial charge in [0.2, 0.25) is 0 Å². The molecule has 1 aliphatic rings. The fourth-order valence-corrected chi connectivity index (χ4v) is 8.73. The maximum Gasteiger partial charge on any atom is 0.469 e. The van der Waals surface area contributed by atoms with E-state index in [9.17, 15) is 23.9 Å². The lowest BCUT2D eigenvalue weighted by Crippen LogP contribution is -2.63. The van der Waals surface area contributed by atoms with Crippen molar-refractivity contribution in [1.29, 1.82) is 0 Å². The number of aromatic nitrogens is 5. The number of hydrogen-bond donors (Lipinski definition) is 4. The van der Waals surface area contributed by atoms with Crippen molar-refractivity contribution in [2.24, 2.45) is 0 Å². The number of nitrogens with zero attached hydrogens (tertiary/aromatic N) is 3. The summed E-state index contributed by atoms with van der Waals surface area (Å²) in [4.78, 5) is 49.5. The maximum absolute atomic E-state index is 13.5. The van der Waals surface area contributed by atoms with Crippen LogP contribution in [0, 0.1) is 6.92 Å². The van der Waals surface area contributed by atoms with Crippen LogP contribution in [-0.4, -0.2) is 54.1 Å². The molecule has 290 valence electrons. The fraction of sp³-hybridized carbons (Fsp3) is 0.190. The molecule has 7 aromatic rings. The number of H-pyrrole nitrogens is 2. The van der Waals surface area contributed by atoms with Gasteiger partial charge in [0, 0.05) is 18.2 Å². The molecule has 1 aliphatic heterocycles. The van der Waals surface area contributed by atoms with Gasteiger partial charge in [0.05, 0.1) is 18.0 Å². The number of ether oxygens (including phenoxy) is 3. The molecule has 4 atom stereocenters. The number of phosphoric ester groups is 1. The molecule has 0 saturated carbocycles. The first-order chi connectivity index (χ1) is 27.5. The smallest absolute Gasteiger partial charge is 0.469 e. The molecule has 8 rings (SSSR count). The summed E-state index contributed by atoms with van der Waals surface area (Å²) in [5.74, 6) is 0.842. The van der Waals surface area contributed by atoms with Gasteiger partial charge in [-0.1, -0.05) is 114 Å². The van der Waals surface area contributed by atoms with Crippen LogP contribution in [0.4, 0.5) is 0 Å². The molecule has 0 spiro atoms. The minimum atomic E-state index is -5.28. The predicted molar refractivity (Wildman–Crippen MR) is 210 cm³/mol. The van der Waals surface area contributed by atoms with Crippen LogP contribution in [0.5, 0.6) is 11.5 Å². The Morgan fingerprint density at radius 3 is 2.00 bits per heavy atom. The average Bonchev–Trinajstić information content (AvgIpc) is 3.88. The lowest BCUT2D eigenvalue weighted by Gasteiger charge is -2.54. The Hall–Kier alpha value is -6.15. The second kappa shape index (κ2) is 15.1. The number of nitrogens with one attached hydrogen (secondary N) is 2. The number of methoxy groups -OCH3 is 1. The quantitative estimate of drug-likeness (QED) is 0.0852. The molecule has 14 nitrogen and oxygen atoms in total. The molecule has 1 fully saturated rings. The van der Waals surface area contributed by atoms with Crippen LogP contribution in [0.1, 0.15) is 40.5 Å². The number of fused-ring (bicyclic) bond motifs is 1. The highest BCUT2D eigenvalue weighted by Crippen LogP contribution is 2.61. The number of phosphoric acid groups is 1. The summed E-state index contributed by atoms with van der Waals surface area (Å²) in [7, 11) is -3.70. The van der Waals surface area contributed by atoms with Gasteiger partial charge in [-0.2, -0.15) is 0 Å². The van der Waals surface area contributed by atoms with E-state index in [1.807, 2.05) is 115 Å². The molecule has 0 aliphatic carbocycles. The van der Waals surface area contributed by atoms with Crippen LogP contribution in [0.15, 0.2) is 149 Å². The molecular weight excluding hydrogens is 749 g/mol. The third kappa shape index (κ3) is 6.67. The van der Waals surface area contributed by atoms with Crippen molar-refractivity contribution in [2.75, 3.05) is 7.11 Å². The molecule has 0 bridgehead atoms. The molecule has 57 heavy (non-hydrogen) atoms. The molecule has 1 saturated heterocycles. The van der Waals surface area contributed by atoms with Gasteiger partial charge in [-0.3, -0.25) is 24.0 Å². The van der Waals surface area contributed by atoms with Gasteiger partial charge in [0.15, 0.2) is 16.9 Å². The van der Waals surface area contributed by atoms with Gasteiger partial charge in [-0.15, -0.1) is 5.10 Å². The Morgan fingerprint density at radius 1 is 0.807 bits per heavy atom. The molecule has 2 aromatic heterocycles. The molecule has 3 heterocycles. The average molecular weight is 788 g/mol. The number of rotatable bonds is 12. The van der Waals surface area contributed by atoms with Crippen molar-refractivity contribution in [3.05, 3.63) is 188 Å². The van der Waals surface area contributed by atoms with E-state index in [4.69, 9.17) is 18.7 Å². The topological polar surface area (TPSA) is 191 Å². The summed E-state index contributed by atoms with van der Waals surface area (Å²) in [6, 6.07) is 41.2. The van der Waals surface area contributed by atoms with E-state index in [0.29, 0.717) is 39.0 Å². The third-order valence-electron chi connectivity index (χ3n) is 10.5. The molecule has 5 aromatic carbocycles. The minimum absolute atomic E-state index is 0.221. The maximum atomic E-state index is 13.5. The van der Waals surface area contributed by atoms with E-state index in [-0.39, 0.29) is 17.7 Å². The zero-order valence-electron chi connectivity index (χ0n) is 30.8. The van der Waals surface area contributed by atoms with E-state index in [0.717, 1.165) is 0 Å². The first-order valence-corrected chi connectivity index (χ1v) is 19.6. The van der Waals surface area contributed by atoms with Gasteiger partial charge in [-0.05, 0) is 53.4 Å². The number of hydrogen-bond acceptors (Lipinski definition) is 9. The van der Waals surface area contributed by atoms with Crippen molar-refractivity contribution in [2.45, 2.75) is 42.8 Å². The largest absolute Gasteiger partial charge is 0.497 e. The Kier molecular flexibility index (Phi) is 9.98. The van der Waals surface area contributed by atoms with Crippen molar-refractivity contribution in [3.8, 4) is 11.5 Å². The second-order valence-electron chi connectivity index (χ2n) is 13.7. The highest BCUT2D eigenvalue weighted by atomic mass is 31.2. The molecule has 15 heteroatoms. The summed E-state index contributed by atoms with van der Waals surface area (Å²) in [6.45, 7) is 1.54. The second-order valence-corrected chi connectivity index (χ2v) is 14.9. The normalized spacial score (nSPS) is 18.3. The predicted octanol–water partition coefficient (Wildman–Crippen LogP) is 5.90. The third-order valence-corrected chi connectivity index (χ3v) is 11.0. The van der Waals surface area contributed by atoms with Gasteiger partial charge in [0.25, 0.3) is 5.56 Å². The summed E-state index contributed by atoms with van der Waals surface area (Å²) in [5, 5.41) is 11.4. The first-order valence-electron chi connectivity index (χ1n) is 18.1. The van der Waals surface area contributed by atoms with E-state index in [1.54, 1.807) is 32.2 Å². The number of aryl methyl sites for hydroxylation is 1. The van der Waals surface area contributed by atoms with Crippen LogP contribution >= 0.6 is 7.82 Å². The molecule has 0 radical (unpaired) electrons. The minimum Gasteiger partial charge on any atom is -0.497 e. The van der Waals surface area contributed by atoms with E-state index in [2.05, 4.69) is 20.4 Å². The van der Waals surface area contributed by atoms with E-state index < -0.39 is 48.5 Å². The van der Waals surface area contributed by atoms with E-state index >= 15 is 0 Å². The number of benzene rings is 5. The molecule has 0 amide bonds. The van der Waals surface area contributed by atoms with Crippen LogP contribution < -0.4 is 20.7 Å². The number of aromatic amines is 2. The highest BCUT2D eigenvalue weighted by molar-refractivity contribution is 7.46. The monoisotopic (exact) mass is 787 g/mol. The Bertz CT molecular complexity index is 2630. The Morgan fingerprint density at radius 2 is 1.40 bits per heavy atom. The summed E-state index contributed by atoms with van der Waals surface area (Å²) < 4.78 is 40.4. The van der Waals surface area contributed by atoms with Gasteiger partial charge in [0.1, 0.15) is 24.2 Å².